The number of aromatic nitrogens is 2. The fraction of sp³-hybridized carbons (Fsp3) is 0.435. The first-order chi connectivity index (χ1) is 14.7. The Morgan fingerprint density at radius 1 is 1.00 bits per heavy atom. The zero-order chi connectivity index (χ0) is 20.5. The number of nitrogens with zero attached hydrogens (tertiary/aromatic N) is 4. The highest BCUT2D eigenvalue weighted by Crippen LogP contribution is 2.34. The van der Waals surface area contributed by atoms with Gasteiger partial charge in [0.1, 0.15) is 0 Å². The first-order valence-electron chi connectivity index (χ1n) is 10.8. The third-order valence-corrected chi connectivity index (χ3v) is 7.43. The van der Waals surface area contributed by atoms with Gasteiger partial charge in [-0.1, -0.05) is 48.1 Å². The Hall–Kier alpha value is -2.51. The summed E-state index contributed by atoms with van der Waals surface area (Å²) in [5.41, 5.74) is 2.37. The molecule has 0 atom stereocenters. The number of rotatable bonds is 4. The molecule has 0 radical (unpaired) electrons. The van der Waals surface area contributed by atoms with Crippen molar-refractivity contribution < 1.29 is 9.90 Å². The lowest BCUT2D eigenvalue weighted by Gasteiger charge is -2.40. The van der Waals surface area contributed by atoms with E-state index in [0.717, 1.165) is 36.6 Å². The molecule has 2 aromatic heterocycles. The smallest absolute Gasteiger partial charge is 0.337 e. The van der Waals surface area contributed by atoms with Gasteiger partial charge in [-0.2, -0.15) is 4.98 Å². The number of carbonyl (C=O) groups is 1. The van der Waals surface area contributed by atoms with Crippen LogP contribution in [0.2, 0.25) is 0 Å². The van der Waals surface area contributed by atoms with Crippen LogP contribution in [0.4, 0.5) is 5.13 Å². The van der Waals surface area contributed by atoms with Gasteiger partial charge < -0.3 is 14.9 Å². The number of thiazole rings is 1. The number of piperidine rings is 2. The molecule has 0 unspecified atom stereocenters. The molecule has 30 heavy (non-hydrogen) atoms. The summed E-state index contributed by atoms with van der Waals surface area (Å²) in [4.78, 5) is 26.4. The molecule has 2 aliphatic rings. The van der Waals surface area contributed by atoms with E-state index in [0.29, 0.717) is 22.1 Å². The summed E-state index contributed by atoms with van der Waals surface area (Å²) in [6, 6.07) is 12.0. The molecule has 1 N–H and O–H groups in total. The number of fused-ring (bicyclic) bond motifs is 1. The maximum Gasteiger partial charge on any atom is 0.337 e. The summed E-state index contributed by atoms with van der Waals surface area (Å²) < 4.78 is 0.662. The highest BCUT2D eigenvalue weighted by Gasteiger charge is 2.27. The molecular formula is C23H26N4O2S. The van der Waals surface area contributed by atoms with Crippen LogP contribution in [-0.4, -0.2) is 58.2 Å². The van der Waals surface area contributed by atoms with Gasteiger partial charge in [0.2, 0.25) is 0 Å². The first kappa shape index (κ1) is 19.5. The Morgan fingerprint density at radius 2 is 1.73 bits per heavy atom. The minimum Gasteiger partial charge on any atom is -0.478 e. The summed E-state index contributed by atoms with van der Waals surface area (Å²) in [5.74, 6) is -0.932. The monoisotopic (exact) mass is 422 g/mol. The van der Waals surface area contributed by atoms with Crippen LogP contribution in [0, 0.1) is 0 Å². The predicted molar refractivity (Wildman–Crippen MR) is 120 cm³/mol. The summed E-state index contributed by atoms with van der Waals surface area (Å²) >= 11 is 1.46. The third kappa shape index (κ3) is 3.79. The van der Waals surface area contributed by atoms with E-state index in [1.165, 1.54) is 43.7 Å². The van der Waals surface area contributed by atoms with Gasteiger partial charge in [-0.15, -0.1) is 0 Å². The number of anilines is 1. The fourth-order valence-electron chi connectivity index (χ4n) is 4.66. The van der Waals surface area contributed by atoms with Gasteiger partial charge in [-0.05, 0) is 44.8 Å². The molecule has 2 saturated heterocycles. The van der Waals surface area contributed by atoms with E-state index >= 15 is 0 Å². The largest absolute Gasteiger partial charge is 0.478 e. The van der Waals surface area contributed by atoms with Crippen molar-refractivity contribution in [2.24, 2.45) is 0 Å². The van der Waals surface area contributed by atoms with Crippen molar-refractivity contribution in [3.8, 4) is 11.3 Å². The quantitative estimate of drug-likeness (QED) is 0.667. The van der Waals surface area contributed by atoms with Crippen molar-refractivity contribution in [3.05, 3.63) is 42.0 Å². The number of pyridine rings is 1. The standard InChI is InChI=1S/C23H26N4O2S/c28-22(29)18-15-19(16-7-3-1-4-8-16)24-21-20(18)30-23(25-21)27-13-9-17(10-14-27)26-11-5-2-6-12-26/h1,3-4,7-8,15,17H,2,5-6,9-14H2,(H,28,29). The van der Waals surface area contributed by atoms with E-state index in [-0.39, 0.29) is 5.56 Å². The number of hydrogen-bond donors (Lipinski definition) is 1. The molecule has 0 aliphatic carbocycles. The normalized spacial score (nSPS) is 18.7. The average Bonchev–Trinajstić information content (AvgIpc) is 3.24. The van der Waals surface area contributed by atoms with E-state index in [2.05, 4.69) is 9.80 Å². The first-order valence-corrected chi connectivity index (χ1v) is 11.6. The Bertz CT molecular complexity index is 1040. The highest BCUT2D eigenvalue weighted by atomic mass is 32.1. The van der Waals surface area contributed by atoms with E-state index in [1.807, 2.05) is 30.3 Å². The second kappa shape index (κ2) is 8.32. The second-order valence-electron chi connectivity index (χ2n) is 8.19. The van der Waals surface area contributed by atoms with E-state index in [9.17, 15) is 9.90 Å². The van der Waals surface area contributed by atoms with Gasteiger partial charge in [0.15, 0.2) is 10.8 Å². The topological polar surface area (TPSA) is 69.6 Å². The van der Waals surface area contributed by atoms with Crippen LogP contribution < -0.4 is 4.90 Å². The van der Waals surface area contributed by atoms with Gasteiger partial charge in [-0.25, -0.2) is 9.78 Å². The maximum absolute atomic E-state index is 11.9. The molecule has 6 nitrogen and oxygen atoms in total. The molecule has 2 aliphatic heterocycles. The Kier molecular flexibility index (Phi) is 5.39. The lowest BCUT2D eigenvalue weighted by atomic mass is 10.0. The van der Waals surface area contributed by atoms with Crippen molar-refractivity contribution >= 4 is 32.8 Å². The third-order valence-electron chi connectivity index (χ3n) is 6.29. The van der Waals surface area contributed by atoms with Crippen molar-refractivity contribution in [3.63, 3.8) is 0 Å². The SMILES string of the molecule is O=C(O)c1cc(-c2ccccc2)nc2nc(N3CCC(N4CCCCC4)CC3)sc12. The van der Waals surface area contributed by atoms with Crippen LogP contribution in [0.25, 0.3) is 21.6 Å². The van der Waals surface area contributed by atoms with E-state index in [4.69, 9.17) is 9.97 Å². The molecule has 0 saturated carbocycles. The molecular weight excluding hydrogens is 396 g/mol. The highest BCUT2D eigenvalue weighted by molar-refractivity contribution is 7.22. The molecule has 7 heteroatoms. The molecule has 3 aromatic rings. The lowest BCUT2D eigenvalue weighted by Crippen LogP contribution is -2.46. The number of benzene rings is 1. The number of aromatic carboxylic acids is 1. The zero-order valence-corrected chi connectivity index (χ0v) is 17.8. The van der Waals surface area contributed by atoms with Crippen LogP contribution in [-0.2, 0) is 0 Å². The minimum absolute atomic E-state index is 0.283. The van der Waals surface area contributed by atoms with Gasteiger partial charge >= 0.3 is 5.97 Å². The summed E-state index contributed by atoms with van der Waals surface area (Å²) in [6.45, 7) is 4.41. The van der Waals surface area contributed by atoms with Crippen LogP contribution in [0.15, 0.2) is 36.4 Å². The molecule has 2 fully saturated rings. The molecule has 4 heterocycles. The molecule has 0 bridgehead atoms. The van der Waals surface area contributed by atoms with E-state index < -0.39 is 5.97 Å². The van der Waals surface area contributed by atoms with Crippen molar-refractivity contribution in [1.82, 2.24) is 14.9 Å². The average molecular weight is 423 g/mol. The second-order valence-corrected chi connectivity index (χ2v) is 9.17. The summed E-state index contributed by atoms with van der Waals surface area (Å²) in [7, 11) is 0. The Labute approximate surface area is 180 Å². The molecule has 0 amide bonds. The number of hydrogen-bond acceptors (Lipinski definition) is 6. The molecule has 1 aromatic carbocycles. The number of carboxylic acids is 1. The van der Waals surface area contributed by atoms with Crippen molar-refractivity contribution in [2.75, 3.05) is 31.1 Å². The van der Waals surface area contributed by atoms with Crippen LogP contribution in [0.5, 0.6) is 0 Å². The van der Waals surface area contributed by atoms with Gasteiger partial charge in [0, 0.05) is 24.7 Å². The minimum atomic E-state index is -0.932. The van der Waals surface area contributed by atoms with Crippen molar-refractivity contribution in [1.29, 1.82) is 0 Å². The van der Waals surface area contributed by atoms with Gasteiger partial charge in [0.25, 0.3) is 0 Å². The number of likely N-dealkylation sites (tertiary alicyclic amines) is 1. The predicted octanol–water partition coefficient (Wildman–Crippen LogP) is 4.51. The van der Waals surface area contributed by atoms with Gasteiger partial charge in [0.05, 0.1) is 16.0 Å². The van der Waals surface area contributed by atoms with Gasteiger partial charge in [-0.3, -0.25) is 0 Å². The molecule has 0 spiro atoms. The number of carboxylic acid groups (broad SMARTS) is 1. The summed E-state index contributed by atoms with van der Waals surface area (Å²) in [5, 5.41) is 10.7. The maximum atomic E-state index is 11.9. The lowest BCUT2D eigenvalue weighted by molar-refractivity contribution is 0.0699. The van der Waals surface area contributed by atoms with Crippen molar-refractivity contribution in [2.45, 2.75) is 38.1 Å². The Morgan fingerprint density at radius 3 is 2.43 bits per heavy atom. The Balaban J connectivity index is 1.41. The van der Waals surface area contributed by atoms with E-state index in [1.54, 1.807) is 6.07 Å². The van der Waals surface area contributed by atoms with Crippen LogP contribution in [0.1, 0.15) is 42.5 Å². The van der Waals surface area contributed by atoms with Crippen LogP contribution in [0.3, 0.4) is 0 Å². The summed E-state index contributed by atoms with van der Waals surface area (Å²) in [6.07, 6.45) is 6.30. The molecule has 156 valence electrons. The molecule has 5 rings (SSSR count). The zero-order valence-electron chi connectivity index (χ0n) is 17.0. The van der Waals surface area contributed by atoms with Crippen LogP contribution >= 0.6 is 11.3 Å². The fourth-order valence-corrected chi connectivity index (χ4v) is 5.72.